The van der Waals surface area contributed by atoms with Gasteiger partial charge < -0.3 is 19.7 Å². The lowest BCUT2D eigenvalue weighted by atomic mass is 10.1. The maximum Gasteiger partial charge on any atom is 0.138 e. The smallest absolute Gasteiger partial charge is 0.138 e. The summed E-state index contributed by atoms with van der Waals surface area (Å²) in [5.74, 6) is 0.855. The van der Waals surface area contributed by atoms with Gasteiger partial charge in [0.2, 0.25) is 0 Å². The van der Waals surface area contributed by atoms with Gasteiger partial charge in [0.05, 0.1) is 25.5 Å². The Labute approximate surface area is 95.8 Å². The van der Waals surface area contributed by atoms with E-state index in [1.807, 2.05) is 13.8 Å². The van der Waals surface area contributed by atoms with Crippen LogP contribution in [0.4, 0.5) is 0 Å². The molecule has 1 aromatic rings. The lowest BCUT2D eigenvalue weighted by molar-refractivity contribution is 0.0928. The summed E-state index contributed by atoms with van der Waals surface area (Å²) in [4.78, 5) is 0. The minimum Gasteiger partial charge on any atom is -0.394 e. The van der Waals surface area contributed by atoms with E-state index in [-0.39, 0.29) is 12.6 Å². The van der Waals surface area contributed by atoms with Crippen LogP contribution < -0.4 is 5.32 Å². The zero-order valence-electron chi connectivity index (χ0n) is 10.1. The number of nitrogens with one attached hydrogen (secondary N) is 1. The molecule has 0 aliphatic heterocycles. The number of nitrogens with zero attached hydrogens (tertiary/aromatic N) is 1. The highest BCUT2D eigenvalue weighted by atomic mass is 16.5. The van der Waals surface area contributed by atoms with Crippen LogP contribution in [-0.2, 0) is 4.74 Å². The monoisotopic (exact) mass is 228 g/mol. The number of ether oxygens (including phenoxy) is 1. The van der Waals surface area contributed by atoms with Crippen molar-refractivity contribution < 1.29 is 14.4 Å². The summed E-state index contributed by atoms with van der Waals surface area (Å²) in [6.45, 7) is 7.71. The van der Waals surface area contributed by atoms with Crippen molar-refractivity contribution in [2.45, 2.75) is 26.8 Å². The molecule has 0 fully saturated rings. The molecule has 0 saturated carbocycles. The molecule has 16 heavy (non-hydrogen) atoms. The van der Waals surface area contributed by atoms with Gasteiger partial charge in [-0.1, -0.05) is 5.16 Å². The fraction of sp³-hybridized carbons (Fsp3) is 0.727. The summed E-state index contributed by atoms with van der Waals surface area (Å²) in [6, 6.07) is 0.198. The third kappa shape index (κ3) is 3.59. The third-order valence-electron chi connectivity index (χ3n) is 2.45. The molecule has 1 aromatic heterocycles. The Morgan fingerprint density at radius 3 is 2.75 bits per heavy atom. The van der Waals surface area contributed by atoms with Crippen molar-refractivity contribution in [3.63, 3.8) is 0 Å². The number of hydrogen-bond donors (Lipinski definition) is 2. The Kier molecular flexibility index (Phi) is 5.45. The fourth-order valence-corrected chi connectivity index (χ4v) is 1.72. The van der Waals surface area contributed by atoms with Crippen LogP contribution in [0.25, 0.3) is 0 Å². The van der Waals surface area contributed by atoms with Crippen molar-refractivity contribution in [3.8, 4) is 0 Å². The lowest BCUT2D eigenvalue weighted by Crippen LogP contribution is -2.24. The van der Waals surface area contributed by atoms with Crippen molar-refractivity contribution in [2.75, 3.05) is 26.4 Å². The van der Waals surface area contributed by atoms with E-state index < -0.39 is 0 Å². The maximum absolute atomic E-state index is 8.53. The molecule has 2 N–H and O–H groups in total. The van der Waals surface area contributed by atoms with Gasteiger partial charge in [-0.2, -0.15) is 0 Å². The molecule has 1 heterocycles. The summed E-state index contributed by atoms with van der Waals surface area (Å²) in [5, 5.41) is 15.8. The van der Waals surface area contributed by atoms with Crippen LogP contribution in [-0.4, -0.2) is 36.6 Å². The predicted molar refractivity (Wildman–Crippen MR) is 60.3 cm³/mol. The van der Waals surface area contributed by atoms with E-state index >= 15 is 0 Å². The molecule has 5 nitrogen and oxygen atoms in total. The number of aliphatic hydroxyl groups excluding tert-OH is 1. The second-order valence-electron chi connectivity index (χ2n) is 3.75. The second kappa shape index (κ2) is 6.62. The summed E-state index contributed by atoms with van der Waals surface area (Å²) < 4.78 is 10.3. The zero-order chi connectivity index (χ0) is 12.0. The van der Waals surface area contributed by atoms with E-state index in [0.717, 1.165) is 23.6 Å². The first kappa shape index (κ1) is 13.2. The minimum absolute atomic E-state index is 0.0689. The number of hydrogen-bond acceptors (Lipinski definition) is 5. The highest BCUT2D eigenvalue weighted by molar-refractivity contribution is 5.24. The predicted octanol–water partition coefficient (Wildman–Crippen LogP) is 0.951. The number of aliphatic hydroxyl groups is 1. The van der Waals surface area contributed by atoms with Crippen molar-refractivity contribution in [1.82, 2.24) is 10.5 Å². The van der Waals surface area contributed by atoms with Gasteiger partial charge in [0.1, 0.15) is 5.76 Å². The Balaban J connectivity index is 2.32. The zero-order valence-corrected chi connectivity index (χ0v) is 10.1. The SMILES string of the molecule is Cc1noc(C)c1C(C)NCCOCCO. The highest BCUT2D eigenvalue weighted by Crippen LogP contribution is 2.20. The first-order valence-electron chi connectivity index (χ1n) is 5.51. The van der Waals surface area contributed by atoms with Gasteiger partial charge in [-0.15, -0.1) is 0 Å². The molecule has 0 saturated heterocycles. The van der Waals surface area contributed by atoms with Gasteiger partial charge in [-0.05, 0) is 20.8 Å². The molecule has 92 valence electrons. The Hall–Kier alpha value is -0.910. The Bertz CT molecular complexity index is 293. The molecule has 1 rings (SSSR count). The normalized spacial score (nSPS) is 13.0. The number of rotatable bonds is 7. The van der Waals surface area contributed by atoms with Gasteiger partial charge in [0, 0.05) is 18.2 Å². The molecule has 0 bridgehead atoms. The van der Waals surface area contributed by atoms with Gasteiger partial charge in [0.25, 0.3) is 0 Å². The summed E-state index contributed by atoms with van der Waals surface area (Å²) in [5.41, 5.74) is 2.04. The Morgan fingerprint density at radius 2 is 2.19 bits per heavy atom. The molecular formula is C11H20N2O3. The van der Waals surface area contributed by atoms with Crippen molar-refractivity contribution in [2.24, 2.45) is 0 Å². The largest absolute Gasteiger partial charge is 0.394 e. The van der Waals surface area contributed by atoms with Crippen LogP contribution in [0.15, 0.2) is 4.52 Å². The maximum atomic E-state index is 8.53. The summed E-state index contributed by atoms with van der Waals surface area (Å²) in [6.07, 6.45) is 0. The van der Waals surface area contributed by atoms with Crippen LogP contribution in [0.5, 0.6) is 0 Å². The summed E-state index contributed by atoms with van der Waals surface area (Å²) in [7, 11) is 0. The number of aryl methyl sites for hydroxylation is 2. The molecule has 0 aliphatic carbocycles. The van der Waals surface area contributed by atoms with Crippen LogP contribution >= 0.6 is 0 Å². The average molecular weight is 228 g/mol. The molecule has 0 aromatic carbocycles. The highest BCUT2D eigenvalue weighted by Gasteiger charge is 2.15. The minimum atomic E-state index is 0.0689. The quantitative estimate of drug-likeness (QED) is 0.680. The van der Waals surface area contributed by atoms with Crippen LogP contribution in [0.3, 0.4) is 0 Å². The molecule has 0 spiro atoms. The van der Waals surface area contributed by atoms with Gasteiger partial charge in [-0.3, -0.25) is 0 Å². The van der Waals surface area contributed by atoms with E-state index in [2.05, 4.69) is 17.4 Å². The number of aromatic nitrogens is 1. The van der Waals surface area contributed by atoms with Gasteiger partial charge in [-0.25, -0.2) is 0 Å². The molecule has 0 radical (unpaired) electrons. The third-order valence-corrected chi connectivity index (χ3v) is 2.45. The first-order valence-corrected chi connectivity index (χ1v) is 5.51. The van der Waals surface area contributed by atoms with E-state index in [9.17, 15) is 0 Å². The van der Waals surface area contributed by atoms with Crippen molar-refractivity contribution in [1.29, 1.82) is 0 Å². The topological polar surface area (TPSA) is 67.5 Å². The second-order valence-corrected chi connectivity index (χ2v) is 3.75. The molecular weight excluding hydrogens is 208 g/mol. The van der Waals surface area contributed by atoms with E-state index in [1.165, 1.54) is 0 Å². The Morgan fingerprint density at radius 1 is 1.44 bits per heavy atom. The van der Waals surface area contributed by atoms with Crippen molar-refractivity contribution >= 4 is 0 Å². The molecule has 1 unspecified atom stereocenters. The van der Waals surface area contributed by atoms with E-state index in [1.54, 1.807) is 0 Å². The van der Waals surface area contributed by atoms with E-state index in [0.29, 0.717) is 13.2 Å². The fourth-order valence-electron chi connectivity index (χ4n) is 1.72. The van der Waals surface area contributed by atoms with Crippen LogP contribution in [0.2, 0.25) is 0 Å². The lowest BCUT2D eigenvalue weighted by Gasteiger charge is -2.13. The van der Waals surface area contributed by atoms with Crippen LogP contribution in [0.1, 0.15) is 30.0 Å². The van der Waals surface area contributed by atoms with Gasteiger partial charge >= 0.3 is 0 Å². The van der Waals surface area contributed by atoms with Crippen LogP contribution in [0, 0.1) is 13.8 Å². The molecule has 5 heteroatoms. The van der Waals surface area contributed by atoms with E-state index in [4.69, 9.17) is 14.4 Å². The van der Waals surface area contributed by atoms with Gasteiger partial charge in [0.15, 0.2) is 0 Å². The molecule has 1 atom stereocenters. The molecule has 0 amide bonds. The average Bonchev–Trinajstić information content (AvgIpc) is 2.58. The molecule has 0 aliphatic rings. The van der Waals surface area contributed by atoms with Crippen molar-refractivity contribution in [3.05, 3.63) is 17.0 Å². The standard InChI is InChI=1S/C11H20N2O3/c1-8(12-4-6-15-7-5-14)11-9(2)13-16-10(11)3/h8,12,14H,4-7H2,1-3H3. The summed E-state index contributed by atoms with van der Waals surface area (Å²) >= 11 is 0. The first-order chi connectivity index (χ1) is 7.66.